The van der Waals surface area contributed by atoms with E-state index in [-0.39, 0.29) is 0 Å². The van der Waals surface area contributed by atoms with Crippen LogP contribution in [-0.4, -0.2) is 7.11 Å². The number of nitrogens with two attached hydrogens (primary N) is 1. The molecule has 72 valence electrons. The molecular weight excluding hydrogens is 164 g/mol. The Hall–Kier alpha value is -1.06. The van der Waals surface area contributed by atoms with Gasteiger partial charge in [0.1, 0.15) is 5.75 Å². The van der Waals surface area contributed by atoms with Crippen molar-refractivity contribution in [3.8, 4) is 5.75 Å². The van der Waals surface area contributed by atoms with Gasteiger partial charge in [0, 0.05) is 6.54 Å². The van der Waals surface area contributed by atoms with Crippen LogP contribution in [0.5, 0.6) is 5.75 Å². The van der Waals surface area contributed by atoms with Gasteiger partial charge in [-0.05, 0) is 36.6 Å². The zero-order chi connectivity index (χ0) is 9.84. The molecule has 0 aliphatic rings. The molecule has 3 N–H and O–H groups in total. The van der Waals surface area contributed by atoms with Crippen molar-refractivity contribution in [2.45, 2.75) is 20.4 Å². The Morgan fingerprint density at radius 2 is 2.00 bits per heavy atom. The SMILES string of the molecule is COc1ccc(CNN)c(C)c1C. The maximum Gasteiger partial charge on any atom is 0.122 e. The number of rotatable bonds is 3. The van der Waals surface area contributed by atoms with Gasteiger partial charge in [0.05, 0.1) is 7.11 Å². The summed E-state index contributed by atoms with van der Waals surface area (Å²) < 4.78 is 5.21. The number of nitrogens with one attached hydrogen (secondary N) is 1. The summed E-state index contributed by atoms with van der Waals surface area (Å²) in [6.45, 7) is 4.81. The van der Waals surface area contributed by atoms with Crippen molar-refractivity contribution in [2.24, 2.45) is 5.84 Å². The largest absolute Gasteiger partial charge is 0.496 e. The molecule has 0 amide bonds. The zero-order valence-corrected chi connectivity index (χ0v) is 8.35. The third-order valence-corrected chi connectivity index (χ3v) is 2.36. The predicted molar refractivity (Wildman–Crippen MR) is 53.5 cm³/mol. The topological polar surface area (TPSA) is 47.3 Å². The minimum atomic E-state index is 0.691. The Kier molecular flexibility index (Phi) is 3.28. The fraction of sp³-hybridized carbons (Fsp3) is 0.400. The second kappa shape index (κ2) is 4.25. The lowest BCUT2D eigenvalue weighted by Crippen LogP contribution is -2.21. The second-order valence-corrected chi connectivity index (χ2v) is 3.06. The van der Waals surface area contributed by atoms with Crippen molar-refractivity contribution in [3.63, 3.8) is 0 Å². The van der Waals surface area contributed by atoms with Gasteiger partial charge in [-0.15, -0.1) is 0 Å². The van der Waals surface area contributed by atoms with Crippen LogP contribution in [0.15, 0.2) is 12.1 Å². The average Bonchev–Trinajstić information content (AvgIpc) is 2.14. The number of hydrazine groups is 1. The molecule has 0 fully saturated rings. The lowest BCUT2D eigenvalue weighted by molar-refractivity contribution is 0.411. The van der Waals surface area contributed by atoms with Crippen molar-refractivity contribution in [1.29, 1.82) is 0 Å². The number of hydrogen-bond donors (Lipinski definition) is 2. The molecule has 13 heavy (non-hydrogen) atoms. The quantitative estimate of drug-likeness (QED) is 0.544. The molecule has 0 aromatic heterocycles. The van der Waals surface area contributed by atoms with Gasteiger partial charge in [-0.2, -0.15) is 0 Å². The molecule has 0 aliphatic heterocycles. The van der Waals surface area contributed by atoms with Crippen molar-refractivity contribution in [3.05, 3.63) is 28.8 Å². The first-order valence-electron chi connectivity index (χ1n) is 4.27. The van der Waals surface area contributed by atoms with Crippen LogP contribution in [0.2, 0.25) is 0 Å². The first kappa shape index (κ1) is 10.0. The molecular formula is C10H16N2O. The number of benzene rings is 1. The van der Waals surface area contributed by atoms with E-state index in [4.69, 9.17) is 10.6 Å². The lowest BCUT2D eigenvalue weighted by Gasteiger charge is -2.11. The highest BCUT2D eigenvalue weighted by atomic mass is 16.5. The molecule has 0 heterocycles. The van der Waals surface area contributed by atoms with Crippen LogP contribution >= 0.6 is 0 Å². The number of hydrogen-bond acceptors (Lipinski definition) is 3. The van der Waals surface area contributed by atoms with Crippen molar-refractivity contribution < 1.29 is 4.74 Å². The Labute approximate surface area is 78.9 Å². The van der Waals surface area contributed by atoms with E-state index in [0.29, 0.717) is 6.54 Å². The molecule has 0 aliphatic carbocycles. The third kappa shape index (κ3) is 1.99. The molecule has 0 saturated heterocycles. The molecule has 0 radical (unpaired) electrons. The molecule has 0 bridgehead atoms. The van der Waals surface area contributed by atoms with E-state index in [1.807, 2.05) is 19.1 Å². The molecule has 1 rings (SSSR count). The summed E-state index contributed by atoms with van der Waals surface area (Å²) in [4.78, 5) is 0. The Bertz CT molecular complexity index is 297. The number of ether oxygens (including phenoxy) is 1. The summed E-state index contributed by atoms with van der Waals surface area (Å²) in [7, 11) is 1.68. The fourth-order valence-corrected chi connectivity index (χ4v) is 1.37. The van der Waals surface area contributed by atoms with E-state index in [1.165, 1.54) is 16.7 Å². The summed E-state index contributed by atoms with van der Waals surface area (Å²) in [5.74, 6) is 6.20. The smallest absolute Gasteiger partial charge is 0.122 e. The van der Waals surface area contributed by atoms with Gasteiger partial charge < -0.3 is 4.74 Å². The summed E-state index contributed by atoms with van der Waals surface area (Å²) in [5, 5.41) is 0. The van der Waals surface area contributed by atoms with Crippen LogP contribution in [0.3, 0.4) is 0 Å². The first-order valence-corrected chi connectivity index (χ1v) is 4.27. The Morgan fingerprint density at radius 3 is 2.54 bits per heavy atom. The highest BCUT2D eigenvalue weighted by Crippen LogP contribution is 2.23. The maximum absolute atomic E-state index is 5.27. The van der Waals surface area contributed by atoms with E-state index in [9.17, 15) is 0 Å². The lowest BCUT2D eigenvalue weighted by atomic mass is 10.0. The molecule has 0 saturated carbocycles. The first-order chi connectivity index (χ1) is 6.20. The van der Waals surface area contributed by atoms with Gasteiger partial charge >= 0.3 is 0 Å². The second-order valence-electron chi connectivity index (χ2n) is 3.06. The Morgan fingerprint density at radius 1 is 1.31 bits per heavy atom. The van der Waals surface area contributed by atoms with Gasteiger partial charge in [0.15, 0.2) is 0 Å². The molecule has 1 aromatic rings. The van der Waals surface area contributed by atoms with E-state index in [1.54, 1.807) is 7.11 Å². The van der Waals surface area contributed by atoms with Crippen LogP contribution < -0.4 is 16.0 Å². The summed E-state index contributed by atoms with van der Waals surface area (Å²) in [6.07, 6.45) is 0. The van der Waals surface area contributed by atoms with Gasteiger partial charge in [-0.3, -0.25) is 11.3 Å². The standard InChI is InChI=1S/C10H16N2O/c1-7-8(2)10(13-3)5-4-9(7)6-12-11/h4-5,12H,6,11H2,1-3H3. The molecule has 0 unspecified atom stereocenters. The van der Waals surface area contributed by atoms with Gasteiger partial charge in [0.25, 0.3) is 0 Å². The van der Waals surface area contributed by atoms with Crippen LogP contribution in [0.25, 0.3) is 0 Å². The summed E-state index contributed by atoms with van der Waals surface area (Å²) in [5.41, 5.74) is 6.27. The van der Waals surface area contributed by atoms with E-state index >= 15 is 0 Å². The molecule has 0 spiro atoms. The third-order valence-electron chi connectivity index (χ3n) is 2.36. The molecule has 3 heteroatoms. The van der Waals surface area contributed by atoms with E-state index < -0.39 is 0 Å². The van der Waals surface area contributed by atoms with Crippen LogP contribution in [0.4, 0.5) is 0 Å². The Balaban J connectivity index is 3.07. The van der Waals surface area contributed by atoms with Gasteiger partial charge in [-0.25, -0.2) is 0 Å². The van der Waals surface area contributed by atoms with Crippen LogP contribution in [-0.2, 0) is 6.54 Å². The van der Waals surface area contributed by atoms with Crippen LogP contribution in [0.1, 0.15) is 16.7 Å². The average molecular weight is 180 g/mol. The zero-order valence-electron chi connectivity index (χ0n) is 8.35. The van der Waals surface area contributed by atoms with Crippen molar-refractivity contribution in [1.82, 2.24) is 5.43 Å². The van der Waals surface area contributed by atoms with Gasteiger partial charge in [0.2, 0.25) is 0 Å². The normalized spacial score (nSPS) is 10.2. The van der Waals surface area contributed by atoms with Crippen molar-refractivity contribution >= 4 is 0 Å². The predicted octanol–water partition coefficient (Wildman–Crippen LogP) is 1.28. The summed E-state index contributed by atoms with van der Waals surface area (Å²) >= 11 is 0. The minimum Gasteiger partial charge on any atom is -0.496 e. The van der Waals surface area contributed by atoms with E-state index in [0.717, 1.165) is 5.75 Å². The monoisotopic (exact) mass is 180 g/mol. The van der Waals surface area contributed by atoms with Gasteiger partial charge in [-0.1, -0.05) is 6.07 Å². The van der Waals surface area contributed by atoms with Crippen molar-refractivity contribution in [2.75, 3.05) is 7.11 Å². The number of methoxy groups -OCH3 is 1. The molecule has 1 aromatic carbocycles. The summed E-state index contributed by atoms with van der Waals surface area (Å²) in [6, 6.07) is 4.00. The minimum absolute atomic E-state index is 0.691. The molecule has 3 nitrogen and oxygen atoms in total. The highest BCUT2D eigenvalue weighted by molar-refractivity contribution is 5.43. The maximum atomic E-state index is 5.27. The fourth-order valence-electron chi connectivity index (χ4n) is 1.37. The van der Waals surface area contributed by atoms with Crippen LogP contribution in [0, 0.1) is 13.8 Å². The highest BCUT2D eigenvalue weighted by Gasteiger charge is 2.05. The van der Waals surface area contributed by atoms with E-state index in [2.05, 4.69) is 12.3 Å². The molecule has 0 atom stereocenters.